The lowest BCUT2D eigenvalue weighted by atomic mass is 9.94. The largest absolute Gasteiger partial charge is 0.359 e. The predicted octanol–water partition coefficient (Wildman–Crippen LogP) is 2.90. The third-order valence-corrected chi connectivity index (χ3v) is 8.82. The minimum Gasteiger partial charge on any atom is -0.359 e. The number of hydrogen-bond acceptors (Lipinski definition) is 5. The molecule has 3 rings (SSSR count). The molecule has 0 radical (unpaired) electrons. The SMILES string of the molecule is CCN(CC)C(=O)C1Cc2cc(S(=O)(=O)N3CC(C)CC(C)C3)ccc2N1CCCN(C)C. The molecule has 0 N–H and O–H groups in total. The summed E-state index contributed by atoms with van der Waals surface area (Å²) in [4.78, 5) is 19.9. The molecule has 3 atom stereocenters. The van der Waals surface area contributed by atoms with Crippen LogP contribution in [0, 0.1) is 11.8 Å². The van der Waals surface area contributed by atoms with Gasteiger partial charge in [-0.1, -0.05) is 13.8 Å². The monoisotopic (exact) mass is 478 g/mol. The van der Waals surface area contributed by atoms with Gasteiger partial charge in [0.25, 0.3) is 0 Å². The van der Waals surface area contributed by atoms with Crippen molar-refractivity contribution in [2.24, 2.45) is 11.8 Å². The van der Waals surface area contributed by atoms with Crippen LogP contribution in [0.3, 0.4) is 0 Å². The van der Waals surface area contributed by atoms with Crippen molar-refractivity contribution in [3.63, 3.8) is 0 Å². The number of likely N-dealkylation sites (N-methyl/N-ethyl adjacent to an activating group) is 1. The number of rotatable bonds is 9. The van der Waals surface area contributed by atoms with Gasteiger partial charge in [0.1, 0.15) is 6.04 Å². The van der Waals surface area contributed by atoms with Gasteiger partial charge in [-0.15, -0.1) is 0 Å². The first kappa shape index (κ1) is 26.0. The molecule has 8 heteroatoms. The second-order valence-corrected chi connectivity index (χ2v) is 12.1. The van der Waals surface area contributed by atoms with E-state index in [-0.39, 0.29) is 11.9 Å². The molecule has 0 aromatic heterocycles. The van der Waals surface area contributed by atoms with Crippen LogP contribution in [-0.2, 0) is 21.2 Å². The maximum absolute atomic E-state index is 13.5. The lowest BCUT2D eigenvalue weighted by molar-refractivity contribution is -0.132. The van der Waals surface area contributed by atoms with Gasteiger partial charge >= 0.3 is 0 Å². The van der Waals surface area contributed by atoms with E-state index in [1.54, 1.807) is 10.4 Å². The first-order chi connectivity index (χ1) is 15.6. The maximum Gasteiger partial charge on any atom is 0.245 e. The van der Waals surface area contributed by atoms with Gasteiger partial charge < -0.3 is 14.7 Å². The van der Waals surface area contributed by atoms with Gasteiger partial charge in [-0.05, 0) is 82.9 Å². The number of hydrogen-bond donors (Lipinski definition) is 0. The second-order valence-electron chi connectivity index (χ2n) is 10.1. The van der Waals surface area contributed by atoms with Crippen LogP contribution in [0.15, 0.2) is 23.1 Å². The molecule has 7 nitrogen and oxygen atoms in total. The van der Waals surface area contributed by atoms with E-state index >= 15 is 0 Å². The first-order valence-corrected chi connectivity index (χ1v) is 13.9. The third kappa shape index (κ3) is 5.72. The lowest BCUT2D eigenvalue weighted by Gasteiger charge is -2.34. The fourth-order valence-electron chi connectivity index (χ4n) is 5.40. The summed E-state index contributed by atoms with van der Waals surface area (Å²) < 4.78 is 28.6. The van der Waals surface area contributed by atoms with Gasteiger partial charge in [-0.3, -0.25) is 4.79 Å². The highest BCUT2D eigenvalue weighted by atomic mass is 32.2. The van der Waals surface area contributed by atoms with Gasteiger partial charge in [-0.2, -0.15) is 4.31 Å². The Labute approximate surface area is 200 Å². The minimum atomic E-state index is -3.55. The summed E-state index contributed by atoms with van der Waals surface area (Å²) >= 11 is 0. The molecule has 0 saturated carbocycles. The lowest BCUT2D eigenvalue weighted by Crippen LogP contribution is -2.48. The van der Waals surface area contributed by atoms with E-state index in [1.165, 1.54) is 0 Å². The van der Waals surface area contributed by atoms with Gasteiger partial charge in [0.05, 0.1) is 4.90 Å². The van der Waals surface area contributed by atoms with E-state index in [2.05, 4.69) is 37.7 Å². The molecule has 186 valence electrons. The number of anilines is 1. The van der Waals surface area contributed by atoms with Crippen LogP contribution < -0.4 is 4.90 Å². The zero-order valence-corrected chi connectivity index (χ0v) is 22.1. The highest BCUT2D eigenvalue weighted by Gasteiger charge is 2.38. The first-order valence-electron chi connectivity index (χ1n) is 12.4. The van der Waals surface area contributed by atoms with Crippen molar-refractivity contribution >= 4 is 21.6 Å². The van der Waals surface area contributed by atoms with Crippen molar-refractivity contribution in [1.29, 1.82) is 0 Å². The molecule has 1 aromatic carbocycles. The summed E-state index contributed by atoms with van der Waals surface area (Å²) in [5.41, 5.74) is 1.96. The van der Waals surface area contributed by atoms with E-state index in [4.69, 9.17) is 0 Å². The standard InChI is InChI=1S/C25H42N4O3S/c1-7-27(8-2)25(30)24-16-21-15-22(10-11-23(21)29(24)13-9-12-26(5)6)33(31,32)28-17-19(3)14-20(4)18-28/h10-11,15,19-20,24H,7-9,12-14,16-18H2,1-6H3. The van der Waals surface area contributed by atoms with Crippen LogP contribution in [0.4, 0.5) is 5.69 Å². The molecule has 33 heavy (non-hydrogen) atoms. The van der Waals surface area contributed by atoms with Crippen LogP contribution >= 0.6 is 0 Å². The number of carbonyl (C=O) groups excluding carboxylic acids is 1. The number of nitrogens with zero attached hydrogens (tertiary/aromatic N) is 4. The summed E-state index contributed by atoms with van der Waals surface area (Å²) in [7, 11) is 0.557. The quantitative estimate of drug-likeness (QED) is 0.546. The summed E-state index contributed by atoms with van der Waals surface area (Å²) in [5, 5.41) is 0. The molecule has 0 spiro atoms. The Morgan fingerprint density at radius 3 is 2.30 bits per heavy atom. The maximum atomic E-state index is 13.5. The van der Waals surface area contributed by atoms with E-state index in [0.29, 0.717) is 49.3 Å². The van der Waals surface area contributed by atoms with Crippen molar-refractivity contribution in [2.45, 2.75) is 57.9 Å². The minimum absolute atomic E-state index is 0.129. The Balaban J connectivity index is 1.90. The predicted molar refractivity (Wildman–Crippen MR) is 134 cm³/mol. The van der Waals surface area contributed by atoms with Crippen molar-refractivity contribution in [2.75, 3.05) is 58.3 Å². The summed E-state index contributed by atoms with van der Waals surface area (Å²) in [6, 6.07) is 5.21. The molecule has 1 saturated heterocycles. The smallest absolute Gasteiger partial charge is 0.245 e. The summed E-state index contributed by atoms with van der Waals surface area (Å²) in [6.07, 6.45) is 2.56. The molecule has 2 aliphatic rings. The summed E-state index contributed by atoms with van der Waals surface area (Å²) in [5.74, 6) is 0.853. The Bertz CT molecular complexity index is 920. The Kier molecular flexibility index (Phi) is 8.45. The molecule has 0 aliphatic carbocycles. The van der Waals surface area contributed by atoms with E-state index < -0.39 is 10.0 Å². The zero-order chi connectivity index (χ0) is 24.3. The number of piperidine rings is 1. The zero-order valence-electron chi connectivity index (χ0n) is 21.2. The van der Waals surface area contributed by atoms with Crippen LogP contribution in [-0.4, -0.2) is 87.8 Å². The molecule has 1 amide bonds. The number of carbonyl (C=O) groups is 1. The van der Waals surface area contributed by atoms with Crippen molar-refractivity contribution in [3.8, 4) is 0 Å². The average molecular weight is 479 g/mol. The van der Waals surface area contributed by atoms with E-state index in [9.17, 15) is 13.2 Å². The van der Waals surface area contributed by atoms with E-state index in [0.717, 1.165) is 37.2 Å². The number of amides is 1. The topological polar surface area (TPSA) is 64.2 Å². The van der Waals surface area contributed by atoms with Gasteiger partial charge in [0, 0.05) is 44.8 Å². The van der Waals surface area contributed by atoms with Gasteiger partial charge in [0.2, 0.25) is 15.9 Å². The van der Waals surface area contributed by atoms with Crippen LogP contribution in [0.25, 0.3) is 0 Å². The average Bonchev–Trinajstić information content (AvgIpc) is 3.11. The van der Waals surface area contributed by atoms with Crippen molar-refractivity contribution in [3.05, 3.63) is 23.8 Å². The Hall–Kier alpha value is -1.64. The normalized spacial score (nSPS) is 23.7. The molecule has 0 bridgehead atoms. The summed E-state index contributed by atoms with van der Waals surface area (Å²) in [6.45, 7) is 12.5. The Morgan fingerprint density at radius 1 is 1.09 bits per heavy atom. The van der Waals surface area contributed by atoms with Crippen molar-refractivity contribution < 1.29 is 13.2 Å². The number of fused-ring (bicyclic) bond motifs is 1. The molecule has 1 fully saturated rings. The molecular formula is C25H42N4O3S. The van der Waals surface area contributed by atoms with Crippen LogP contribution in [0.2, 0.25) is 0 Å². The van der Waals surface area contributed by atoms with Gasteiger partial charge in [0.15, 0.2) is 0 Å². The van der Waals surface area contributed by atoms with Gasteiger partial charge in [-0.25, -0.2) is 8.42 Å². The molecule has 3 unspecified atom stereocenters. The van der Waals surface area contributed by atoms with E-state index in [1.807, 2.05) is 30.9 Å². The highest BCUT2D eigenvalue weighted by molar-refractivity contribution is 7.89. The van der Waals surface area contributed by atoms with Crippen LogP contribution in [0.1, 0.15) is 46.1 Å². The fourth-order valence-corrected chi connectivity index (χ4v) is 7.13. The molecule has 1 aromatic rings. The van der Waals surface area contributed by atoms with Crippen molar-refractivity contribution in [1.82, 2.24) is 14.1 Å². The Morgan fingerprint density at radius 2 is 1.73 bits per heavy atom. The molecular weight excluding hydrogens is 436 g/mol. The van der Waals surface area contributed by atoms with Crippen LogP contribution in [0.5, 0.6) is 0 Å². The second kappa shape index (κ2) is 10.7. The third-order valence-electron chi connectivity index (χ3n) is 6.99. The molecule has 2 aliphatic heterocycles. The molecule has 2 heterocycles. The fraction of sp³-hybridized carbons (Fsp3) is 0.720. The number of sulfonamides is 1. The highest BCUT2D eigenvalue weighted by Crippen LogP contribution is 2.36. The number of benzene rings is 1.